The molecule has 2 heteroatoms. The number of hydrogen-bond donors (Lipinski definition) is 0. The van der Waals surface area contributed by atoms with Gasteiger partial charge in [0.25, 0.3) is 0 Å². The maximum absolute atomic E-state index is 12.3. The van der Waals surface area contributed by atoms with Gasteiger partial charge in [0.2, 0.25) is 0 Å². The van der Waals surface area contributed by atoms with Crippen LogP contribution in [0.3, 0.4) is 0 Å². The van der Waals surface area contributed by atoms with Crippen LogP contribution in [0.1, 0.15) is 65.7 Å². The largest absolute Gasteiger partial charge is 0.458 e. The molecule has 0 amide bonds. The van der Waals surface area contributed by atoms with Crippen LogP contribution >= 0.6 is 0 Å². The number of rotatable bonds is 4. The van der Waals surface area contributed by atoms with E-state index in [9.17, 15) is 4.79 Å². The standard InChI is InChI=1S/C22H28O2.C2H6/c1-15-7-9-19(10-8-15)20-13-11-18(12-14-20)17(3)24-21(23)16(2)22(4,5)6;1-2/h7-14,16-17H,1-6H3;1-2H3. The van der Waals surface area contributed by atoms with Gasteiger partial charge in [0, 0.05) is 0 Å². The summed E-state index contributed by atoms with van der Waals surface area (Å²) in [4.78, 5) is 12.3. The van der Waals surface area contributed by atoms with Crippen LogP contribution in [0.15, 0.2) is 48.5 Å². The molecule has 2 unspecified atom stereocenters. The van der Waals surface area contributed by atoms with Crippen molar-refractivity contribution in [2.75, 3.05) is 0 Å². The summed E-state index contributed by atoms with van der Waals surface area (Å²) in [5.41, 5.74) is 4.54. The van der Waals surface area contributed by atoms with Gasteiger partial charge in [0.05, 0.1) is 5.92 Å². The second-order valence-electron chi connectivity index (χ2n) is 7.65. The van der Waals surface area contributed by atoms with Gasteiger partial charge in [-0.3, -0.25) is 4.79 Å². The zero-order valence-corrected chi connectivity index (χ0v) is 17.6. The predicted octanol–water partition coefficient (Wildman–Crippen LogP) is 6.97. The van der Waals surface area contributed by atoms with Crippen LogP contribution in [0.25, 0.3) is 11.1 Å². The lowest BCUT2D eigenvalue weighted by molar-refractivity contribution is -0.156. The van der Waals surface area contributed by atoms with E-state index in [1.807, 2.05) is 39.8 Å². The van der Waals surface area contributed by atoms with E-state index in [0.29, 0.717) is 0 Å². The summed E-state index contributed by atoms with van der Waals surface area (Å²) in [6.45, 7) is 16.1. The van der Waals surface area contributed by atoms with Crippen molar-refractivity contribution in [1.29, 1.82) is 0 Å². The molecule has 0 spiro atoms. The van der Waals surface area contributed by atoms with E-state index in [2.05, 4.69) is 64.1 Å². The van der Waals surface area contributed by atoms with Crippen LogP contribution in [-0.2, 0) is 9.53 Å². The van der Waals surface area contributed by atoms with Crippen LogP contribution in [-0.4, -0.2) is 5.97 Å². The summed E-state index contributed by atoms with van der Waals surface area (Å²) in [7, 11) is 0. The first-order valence-electron chi connectivity index (χ1n) is 9.56. The molecule has 0 aliphatic heterocycles. The summed E-state index contributed by atoms with van der Waals surface area (Å²) in [6.07, 6.45) is -0.241. The van der Waals surface area contributed by atoms with Crippen molar-refractivity contribution in [3.8, 4) is 11.1 Å². The van der Waals surface area contributed by atoms with Gasteiger partial charge < -0.3 is 4.74 Å². The highest BCUT2D eigenvalue weighted by atomic mass is 16.5. The monoisotopic (exact) mass is 354 g/mol. The smallest absolute Gasteiger partial charge is 0.309 e. The van der Waals surface area contributed by atoms with Gasteiger partial charge in [0.15, 0.2) is 0 Å². The highest BCUT2D eigenvalue weighted by Crippen LogP contribution is 2.29. The number of carbonyl (C=O) groups excluding carboxylic acids is 1. The van der Waals surface area contributed by atoms with E-state index in [0.717, 1.165) is 5.56 Å². The first-order chi connectivity index (χ1) is 12.2. The van der Waals surface area contributed by atoms with Crippen molar-refractivity contribution in [3.63, 3.8) is 0 Å². The molecule has 0 saturated heterocycles. The van der Waals surface area contributed by atoms with Crippen molar-refractivity contribution >= 4 is 5.97 Å². The molecule has 0 aliphatic rings. The first kappa shape index (κ1) is 22.0. The zero-order valence-electron chi connectivity index (χ0n) is 17.6. The maximum atomic E-state index is 12.3. The Morgan fingerprint density at radius 3 is 1.69 bits per heavy atom. The number of carbonyl (C=O) groups is 1. The first-order valence-corrected chi connectivity index (χ1v) is 9.56. The van der Waals surface area contributed by atoms with E-state index < -0.39 is 0 Å². The Morgan fingerprint density at radius 1 is 0.846 bits per heavy atom. The molecule has 2 nitrogen and oxygen atoms in total. The molecule has 0 saturated carbocycles. The van der Waals surface area contributed by atoms with Gasteiger partial charge in [-0.05, 0) is 36.0 Å². The van der Waals surface area contributed by atoms with Crippen molar-refractivity contribution in [2.45, 2.75) is 61.5 Å². The fraction of sp³-hybridized carbons (Fsp3) is 0.458. The van der Waals surface area contributed by atoms with Gasteiger partial charge >= 0.3 is 5.97 Å². The summed E-state index contributed by atoms with van der Waals surface area (Å²) in [5.74, 6) is -0.274. The molecule has 0 heterocycles. The Hall–Kier alpha value is -2.09. The van der Waals surface area contributed by atoms with Gasteiger partial charge in [-0.25, -0.2) is 0 Å². The van der Waals surface area contributed by atoms with Crippen LogP contribution in [0.5, 0.6) is 0 Å². The third kappa shape index (κ3) is 6.01. The number of aryl methyl sites for hydroxylation is 1. The molecule has 0 fully saturated rings. The lowest BCUT2D eigenvalue weighted by atomic mass is 9.82. The molecule has 0 bridgehead atoms. The fourth-order valence-corrected chi connectivity index (χ4v) is 2.39. The Kier molecular flexibility index (Phi) is 8.08. The Morgan fingerprint density at radius 2 is 1.27 bits per heavy atom. The topological polar surface area (TPSA) is 26.3 Å². The average molecular weight is 355 g/mol. The second kappa shape index (κ2) is 9.56. The van der Waals surface area contributed by atoms with E-state index in [1.54, 1.807) is 0 Å². The summed E-state index contributed by atoms with van der Waals surface area (Å²) in [5, 5.41) is 0. The molecule has 2 aromatic rings. The Bertz CT molecular complexity index is 676. The molecule has 142 valence electrons. The summed E-state index contributed by atoms with van der Waals surface area (Å²) in [6, 6.07) is 16.7. The lowest BCUT2D eigenvalue weighted by Gasteiger charge is -2.27. The quantitative estimate of drug-likeness (QED) is 0.554. The van der Waals surface area contributed by atoms with Crippen LogP contribution in [0.4, 0.5) is 0 Å². The number of ether oxygens (including phenoxy) is 1. The third-order valence-electron chi connectivity index (χ3n) is 4.71. The molecular weight excluding hydrogens is 320 g/mol. The number of esters is 1. The maximum Gasteiger partial charge on any atom is 0.309 e. The predicted molar refractivity (Wildman–Crippen MR) is 111 cm³/mol. The van der Waals surface area contributed by atoms with E-state index in [4.69, 9.17) is 4.74 Å². The summed E-state index contributed by atoms with van der Waals surface area (Å²) >= 11 is 0. The molecule has 0 radical (unpaired) electrons. The van der Waals surface area contributed by atoms with Crippen molar-refractivity contribution in [2.24, 2.45) is 11.3 Å². The molecule has 2 atom stereocenters. The second-order valence-corrected chi connectivity index (χ2v) is 7.65. The van der Waals surface area contributed by atoms with Crippen molar-refractivity contribution < 1.29 is 9.53 Å². The van der Waals surface area contributed by atoms with E-state index in [1.165, 1.54) is 16.7 Å². The van der Waals surface area contributed by atoms with Gasteiger partial charge in [-0.2, -0.15) is 0 Å². The minimum Gasteiger partial charge on any atom is -0.458 e. The minimum absolute atomic E-state index is 0.0912. The molecule has 2 aromatic carbocycles. The number of hydrogen-bond acceptors (Lipinski definition) is 2. The Balaban J connectivity index is 0.00000163. The fourth-order valence-electron chi connectivity index (χ4n) is 2.39. The molecule has 2 rings (SSSR count). The van der Waals surface area contributed by atoms with Crippen LogP contribution in [0.2, 0.25) is 0 Å². The van der Waals surface area contributed by atoms with Gasteiger partial charge in [-0.15, -0.1) is 0 Å². The summed E-state index contributed by atoms with van der Waals surface area (Å²) < 4.78 is 5.65. The molecule has 0 aromatic heterocycles. The van der Waals surface area contributed by atoms with Crippen LogP contribution in [0, 0.1) is 18.3 Å². The van der Waals surface area contributed by atoms with Crippen molar-refractivity contribution in [1.82, 2.24) is 0 Å². The molecule has 0 aliphatic carbocycles. The van der Waals surface area contributed by atoms with E-state index >= 15 is 0 Å². The minimum atomic E-state index is -0.241. The lowest BCUT2D eigenvalue weighted by Crippen LogP contribution is -2.28. The third-order valence-corrected chi connectivity index (χ3v) is 4.71. The molecule has 0 N–H and O–H groups in total. The number of benzene rings is 2. The van der Waals surface area contributed by atoms with Gasteiger partial charge in [0.1, 0.15) is 6.10 Å². The highest BCUT2D eigenvalue weighted by Gasteiger charge is 2.29. The SMILES string of the molecule is CC.Cc1ccc(-c2ccc(C(C)OC(=O)C(C)C(C)(C)C)cc2)cc1. The van der Waals surface area contributed by atoms with Crippen molar-refractivity contribution in [3.05, 3.63) is 59.7 Å². The molecule has 26 heavy (non-hydrogen) atoms. The average Bonchev–Trinajstić information content (AvgIpc) is 2.62. The van der Waals surface area contributed by atoms with E-state index in [-0.39, 0.29) is 23.4 Å². The Labute approximate surface area is 159 Å². The highest BCUT2D eigenvalue weighted by molar-refractivity contribution is 5.73. The molecular formula is C24H34O2. The van der Waals surface area contributed by atoms with Gasteiger partial charge in [-0.1, -0.05) is 95.6 Å². The normalized spacial score (nSPS) is 13.2. The van der Waals surface area contributed by atoms with Crippen LogP contribution < -0.4 is 0 Å². The zero-order chi connectivity index (χ0) is 19.9.